The Labute approximate surface area is 115 Å². The third-order valence-electron chi connectivity index (χ3n) is 3.49. The van der Waals surface area contributed by atoms with Gasteiger partial charge in [-0.1, -0.05) is 0 Å². The molecule has 1 N–H and O–H groups in total. The van der Waals surface area contributed by atoms with Gasteiger partial charge in [0.25, 0.3) is 5.91 Å². The minimum Gasteiger partial charge on any atom is -0.372 e. The van der Waals surface area contributed by atoms with Crippen molar-refractivity contribution in [1.82, 2.24) is 10.2 Å². The van der Waals surface area contributed by atoms with Crippen LogP contribution in [0.15, 0.2) is 24.3 Å². The molecule has 0 saturated carbocycles. The Kier molecular flexibility index (Phi) is 4.80. The quantitative estimate of drug-likeness (QED) is 0.895. The number of carbonyl (C=O) groups excluding carboxylic acids is 1. The van der Waals surface area contributed by atoms with Crippen molar-refractivity contribution in [3.63, 3.8) is 0 Å². The van der Waals surface area contributed by atoms with Gasteiger partial charge in [0.05, 0.1) is 6.54 Å². The zero-order valence-electron chi connectivity index (χ0n) is 11.7. The summed E-state index contributed by atoms with van der Waals surface area (Å²) in [5.41, 5.74) is 1.93. The Morgan fingerprint density at radius 3 is 2.47 bits per heavy atom. The van der Waals surface area contributed by atoms with Gasteiger partial charge in [0.2, 0.25) is 0 Å². The number of amides is 1. The molecule has 103 valence electrons. The monoisotopic (exact) mass is 260 g/mol. The van der Waals surface area contributed by atoms with E-state index in [1.807, 2.05) is 30.8 Å². The van der Waals surface area contributed by atoms with Crippen molar-refractivity contribution in [3.05, 3.63) is 36.4 Å². The number of nitrogens with zero attached hydrogens (tertiary/aromatic N) is 2. The predicted molar refractivity (Wildman–Crippen MR) is 78.2 cm³/mol. The number of hydrogen-bond donors (Lipinski definition) is 1. The second-order valence-corrected chi connectivity index (χ2v) is 4.60. The maximum absolute atomic E-state index is 12.3. The van der Waals surface area contributed by atoms with Gasteiger partial charge in [-0.15, -0.1) is 0 Å². The molecule has 1 amide bonds. The summed E-state index contributed by atoms with van der Waals surface area (Å²) in [4.78, 5) is 16.3. The van der Waals surface area contributed by atoms with Crippen LogP contribution < -0.4 is 10.2 Å². The molecule has 2 rings (SSSR count). The molecule has 19 heavy (non-hydrogen) atoms. The first-order valence-electron chi connectivity index (χ1n) is 6.96. The molecule has 1 fully saturated rings. The van der Waals surface area contributed by atoms with E-state index in [4.69, 9.17) is 0 Å². The van der Waals surface area contributed by atoms with Crippen molar-refractivity contribution in [1.29, 1.82) is 0 Å². The zero-order valence-corrected chi connectivity index (χ0v) is 11.7. The summed E-state index contributed by atoms with van der Waals surface area (Å²) in [7, 11) is 0. The topological polar surface area (TPSA) is 35.6 Å². The van der Waals surface area contributed by atoms with Gasteiger partial charge in [-0.3, -0.25) is 4.79 Å². The van der Waals surface area contributed by atoms with Gasteiger partial charge in [-0.2, -0.15) is 0 Å². The minimum atomic E-state index is 0.0904. The number of anilines is 1. The summed E-state index contributed by atoms with van der Waals surface area (Å²) in [6, 6.07) is 7.91. The average Bonchev–Trinajstić information content (AvgIpc) is 2.49. The largest absolute Gasteiger partial charge is 0.372 e. The van der Waals surface area contributed by atoms with Gasteiger partial charge in [-0.25, -0.2) is 0 Å². The smallest absolute Gasteiger partial charge is 0.254 e. The van der Waals surface area contributed by atoms with Gasteiger partial charge in [-0.05, 0) is 38.1 Å². The lowest BCUT2D eigenvalue weighted by Gasteiger charge is -2.27. The molecule has 0 atom stereocenters. The predicted octanol–water partition coefficient (Wildman–Crippen LogP) is 1.74. The van der Waals surface area contributed by atoms with E-state index < -0.39 is 0 Å². The molecule has 1 aliphatic rings. The fraction of sp³-hybridized carbons (Fsp3) is 0.467. The standard InChI is InChI=1S/C15H22N3O/c1-3-17(4-2)14-7-5-13(6-8-14)15(19)18-11-9-16-10-12-18/h5-8,11,16H,3-4,9-10,12H2,1-2H3. The van der Waals surface area contributed by atoms with Crippen molar-refractivity contribution in [2.24, 2.45) is 0 Å². The summed E-state index contributed by atoms with van der Waals surface area (Å²) in [6.07, 6.45) is 0. The maximum atomic E-state index is 12.3. The molecular formula is C15H22N3O. The normalized spacial score (nSPS) is 15.4. The van der Waals surface area contributed by atoms with Crippen LogP contribution in [0.1, 0.15) is 24.2 Å². The van der Waals surface area contributed by atoms with Gasteiger partial charge in [0.1, 0.15) is 0 Å². The van der Waals surface area contributed by atoms with E-state index >= 15 is 0 Å². The van der Waals surface area contributed by atoms with Crippen molar-refractivity contribution in [2.75, 3.05) is 37.6 Å². The molecule has 1 heterocycles. The van der Waals surface area contributed by atoms with Crippen LogP contribution in [-0.4, -0.2) is 43.5 Å². The van der Waals surface area contributed by atoms with E-state index in [1.165, 1.54) is 5.69 Å². The Balaban J connectivity index is 2.06. The Hall–Kier alpha value is -1.55. The van der Waals surface area contributed by atoms with E-state index in [0.717, 1.165) is 38.3 Å². The van der Waals surface area contributed by atoms with Crippen molar-refractivity contribution < 1.29 is 4.79 Å². The summed E-state index contributed by atoms with van der Waals surface area (Å²) in [5, 5.41) is 3.20. The van der Waals surface area contributed by atoms with Crippen LogP contribution in [0, 0.1) is 6.54 Å². The second-order valence-electron chi connectivity index (χ2n) is 4.60. The lowest BCUT2D eigenvalue weighted by molar-refractivity contribution is 0.0782. The molecule has 1 aliphatic heterocycles. The highest BCUT2D eigenvalue weighted by Crippen LogP contribution is 2.16. The van der Waals surface area contributed by atoms with Crippen LogP contribution >= 0.6 is 0 Å². The molecule has 1 radical (unpaired) electrons. The molecule has 4 heteroatoms. The molecule has 0 aromatic heterocycles. The molecule has 0 bridgehead atoms. The second kappa shape index (κ2) is 6.57. The number of nitrogens with one attached hydrogen (secondary N) is 1. The van der Waals surface area contributed by atoms with E-state index in [2.05, 4.69) is 24.1 Å². The van der Waals surface area contributed by atoms with E-state index in [0.29, 0.717) is 0 Å². The molecular weight excluding hydrogens is 238 g/mol. The first kappa shape index (κ1) is 13.9. The zero-order chi connectivity index (χ0) is 13.7. The Morgan fingerprint density at radius 2 is 1.95 bits per heavy atom. The molecule has 0 unspecified atom stereocenters. The number of carbonyl (C=O) groups is 1. The van der Waals surface area contributed by atoms with Crippen LogP contribution in [0.25, 0.3) is 0 Å². The van der Waals surface area contributed by atoms with Crippen molar-refractivity contribution in [2.45, 2.75) is 13.8 Å². The molecule has 1 saturated heterocycles. The number of rotatable bonds is 4. The lowest BCUT2D eigenvalue weighted by Crippen LogP contribution is -2.43. The number of benzene rings is 1. The van der Waals surface area contributed by atoms with Crippen molar-refractivity contribution >= 4 is 11.6 Å². The van der Waals surface area contributed by atoms with Crippen LogP contribution in [0.2, 0.25) is 0 Å². The minimum absolute atomic E-state index is 0.0904. The first-order valence-corrected chi connectivity index (χ1v) is 6.96. The van der Waals surface area contributed by atoms with Gasteiger partial charge in [0.15, 0.2) is 0 Å². The molecule has 0 spiro atoms. The van der Waals surface area contributed by atoms with Crippen molar-refractivity contribution in [3.8, 4) is 0 Å². The highest BCUT2D eigenvalue weighted by atomic mass is 16.2. The fourth-order valence-electron chi connectivity index (χ4n) is 2.32. The molecule has 0 aliphatic carbocycles. The van der Waals surface area contributed by atoms with Crippen LogP contribution in [0.5, 0.6) is 0 Å². The van der Waals surface area contributed by atoms with Crippen LogP contribution in [0.3, 0.4) is 0 Å². The van der Waals surface area contributed by atoms with E-state index in [9.17, 15) is 4.79 Å². The third-order valence-corrected chi connectivity index (χ3v) is 3.49. The Morgan fingerprint density at radius 1 is 1.26 bits per heavy atom. The summed E-state index contributed by atoms with van der Waals surface area (Å²) >= 11 is 0. The van der Waals surface area contributed by atoms with Gasteiger partial charge in [0, 0.05) is 44.0 Å². The number of hydrogen-bond acceptors (Lipinski definition) is 3. The fourth-order valence-corrected chi connectivity index (χ4v) is 2.32. The first-order chi connectivity index (χ1) is 9.26. The lowest BCUT2D eigenvalue weighted by atomic mass is 10.1. The molecule has 1 aromatic rings. The van der Waals surface area contributed by atoms with E-state index in [-0.39, 0.29) is 5.91 Å². The summed E-state index contributed by atoms with van der Waals surface area (Å²) < 4.78 is 0. The molecule has 1 aromatic carbocycles. The number of piperazine rings is 1. The van der Waals surface area contributed by atoms with Gasteiger partial charge >= 0.3 is 0 Å². The van der Waals surface area contributed by atoms with Crippen LogP contribution in [-0.2, 0) is 0 Å². The summed E-state index contributed by atoms with van der Waals surface area (Å²) in [5.74, 6) is 0.0904. The highest BCUT2D eigenvalue weighted by Gasteiger charge is 2.18. The molecule has 4 nitrogen and oxygen atoms in total. The summed E-state index contributed by atoms with van der Waals surface area (Å²) in [6.45, 7) is 10.5. The maximum Gasteiger partial charge on any atom is 0.254 e. The van der Waals surface area contributed by atoms with Gasteiger partial charge < -0.3 is 15.1 Å². The van der Waals surface area contributed by atoms with Crippen LogP contribution in [0.4, 0.5) is 5.69 Å². The SMILES string of the molecule is CCN(CC)c1ccc(C(=O)N2[CH]CNCC2)cc1. The average molecular weight is 260 g/mol. The highest BCUT2D eigenvalue weighted by molar-refractivity contribution is 5.95. The third kappa shape index (κ3) is 3.26. The van der Waals surface area contributed by atoms with E-state index in [1.54, 1.807) is 4.90 Å². The Bertz CT molecular complexity index is 406.